The quantitative estimate of drug-likeness (QED) is 0.734. The maximum atomic E-state index is 11.8. The van der Waals surface area contributed by atoms with Gasteiger partial charge in [0.05, 0.1) is 11.8 Å². The Morgan fingerprint density at radius 2 is 2.25 bits per heavy atom. The number of nitrogen functional groups attached to an aromatic ring is 1. The number of aromatic nitrogens is 1. The molecule has 0 spiro atoms. The van der Waals surface area contributed by atoms with E-state index in [1.54, 1.807) is 13.8 Å². The molecule has 0 radical (unpaired) electrons. The van der Waals surface area contributed by atoms with Crippen LogP contribution in [-0.4, -0.2) is 28.1 Å². The van der Waals surface area contributed by atoms with Crippen LogP contribution in [0.25, 0.3) is 0 Å². The van der Waals surface area contributed by atoms with Crippen LogP contribution in [0.3, 0.4) is 0 Å². The summed E-state index contributed by atoms with van der Waals surface area (Å²) in [5, 5.41) is 12.4. The molecule has 4 N–H and O–H groups in total. The molecule has 1 amide bonds. The van der Waals surface area contributed by atoms with Crippen LogP contribution in [0, 0.1) is 6.92 Å². The molecule has 0 aliphatic rings. The SMILES string of the molecule is Cc1nc(N)sc1C(=O)NC(C)CC(C)O. The fourth-order valence-corrected chi connectivity index (χ4v) is 2.22. The lowest BCUT2D eigenvalue weighted by molar-refractivity contribution is 0.0926. The maximum absolute atomic E-state index is 11.8. The molecule has 0 fully saturated rings. The number of hydrogen-bond donors (Lipinski definition) is 3. The first-order chi connectivity index (χ1) is 7.40. The third kappa shape index (κ3) is 3.46. The monoisotopic (exact) mass is 243 g/mol. The minimum Gasteiger partial charge on any atom is -0.393 e. The summed E-state index contributed by atoms with van der Waals surface area (Å²) in [7, 11) is 0. The fraction of sp³-hybridized carbons (Fsp3) is 0.600. The van der Waals surface area contributed by atoms with Gasteiger partial charge in [-0.3, -0.25) is 4.79 Å². The molecule has 5 nitrogen and oxygen atoms in total. The third-order valence-corrected chi connectivity index (χ3v) is 3.08. The number of carbonyl (C=O) groups excluding carboxylic acids is 1. The van der Waals surface area contributed by atoms with Crippen LogP contribution in [0.2, 0.25) is 0 Å². The summed E-state index contributed by atoms with van der Waals surface area (Å²) in [6.07, 6.45) is 0.0990. The van der Waals surface area contributed by atoms with Gasteiger partial charge >= 0.3 is 0 Å². The molecule has 6 heteroatoms. The number of aryl methyl sites for hydroxylation is 1. The Hall–Kier alpha value is -1.14. The Morgan fingerprint density at radius 3 is 2.69 bits per heavy atom. The molecule has 0 bridgehead atoms. The molecule has 0 saturated heterocycles. The maximum Gasteiger partial charge on any atom is 0.263 e. The molecule has 1 rings (SSSR count). The van der Waals surface area contributed by atoms with Gasteiger partial charge in [0.1, 0.15) is 4.88 Å². The summed E-state index contributed by atoms with van der Waals surface area (Å²) in [6, 6.07) is -0.0739. The largest absolute Gasteiger partial charge is 0.393 e. The number of nitrogens with two attached hydrogens (primary N) is 1. The zero-order valence-electron chi connectivity index (χ0n) is 9.65. The van der Waals surface area contributed by atoms with Gasteiger partial charge in [0.15, 0.2) is 5.13 Å². The standard InChI is InChI=1S/C10H17N3O2S/c1-5(4-6(2)14)12-9(15)8-7(3)13-10(11)16-8/h5-6,14H,4H2,1-3H3,(H2,11,13)(H,12,15). The van der Waals surface area contributed by atoms with Gasteiger partial charge in [-0.2, -0.15) is 0 Å². The molecule has 1 aromatic heterocycles. The van der Waals surface area contributed by atoms with Gasteiger partial charge in [0.25, 0.3) is 5.91 Å². The summed E-state index contributed by atoms with van der Waals surface area (Å²) < 4.78 is 0. The van der Waals surface area contributed by atoms with Gasteiger partial charge in [0.2, 0.25) is 0 Å². The Balaban J connectivity index is 2.62. The molecule has 2 unspecified atom stereocenters. The molecule has 0 aliphatic carbocycles. The number of anilines is 1. The Bertz CT molecular complexity index is 376. The van der Waals surface area contributed by atoms with Crippen molar-refractivity contribution in [2.75, 3.05) is 5.73 Å². The van der Waals surface area contributed by atoms with Crippen molar-refractivity contribution in [1.29, 1.82) is 0 Å². The summed E-state index contributed by atoms with van der Waals surface area (Å²) in [4.78, 5) is 16.3. The zero-order chi connectivity index (χ0) is 12.3. The molecule has 16 heavy (non-hydrogen) atoms. The van der Waals surface area contributed by atoms with Crippen molar-refractivity contribution in [3.8, 4) is 0 Å². The second-order valence-electron chi connectivity index (χ2n) is 3.93. The van der Waals surface area contributed by atoms with Crippen LogP contribution in [0.5, 0.6) is 0 Å². The topological polar surface area (TPSA) is 88.2 Å². The zero-order valence-corrected chi connectivity index (χ0v) is 10.5. The van der Waals surface area contributed by atoms with Crippen molar-refractivity contribution >= 4 is 22.4 Å². The number of nitrogens with zero attached hydrogens (tertiary/aromatic N) is 1. The lowest BCUT2D eigenvalue weighted by Crippen LogP contribution is -2.34. The van der Waals surface area contributed by atoms with Gasteiger partial charge in [-0.1, -0.05) is 11.3 Å². The van der Waals surface area contributed by atoms with E-state index >= 15 is 0 Å². The highest BCUT2D eigenvalue weighted by molar-refractivity contribution is 7.17. The van der Waals surface area contributed by atoms with Crippen molar-refractivity contribution in [2.45, 2.75) is 39.3 Å². The number of nitrogens with one attached hydrogen (secondary N) is 1. The number of thiazole rings is 1. The highest BCUT2D eigenvalue weighted by Crippen LogP contribution is 2.19. The summed E-state index contributed by atoms with van der Waals surface area (Å²) in [6.45, 7) is 5.30. The number of aliphatic hydroxyl groups excluding tert-OH is 1. The van der Waals surface area contributed by atoms with E-state index in [2.05, 4.69) is 10.3 Å². The fourth-order valence-electron chi connectivity index (χ4n) is 1.49. The Labute approximate surface area is 98.7 Å². The van der Waals surface area contributed by atoms with E-state index in [0.29, 0.717) is 22.1 Å². The molecule has 0 aliphatic heterocycles. The minimum absolute atomic E-state index is 0.0739. The molecule has 2 atom stereocenters. The van der Waals surface area contributed by atoms with Crippen molar-refractivity contribution in [1.82, 2.24) is 10.3 Å². The van der Waals surface area contributed by atoms with Gasteiger partial charge < -0.3 is 16.2 Å². The van der Waals surface area contributed by atoms with Crippen molar-refractivity contribution in [3.05, 3.63) is 10.6 Å². The molecular weight excluding hydrogens is 226 g/mol. The van der Waals surface area contributed by atoms with E-state index < -0.39 is 6.10 Å². The van der Waals surface area contributed by atoms with E-state index in [9.17, 15) is 9.90 Å². The predicted molar refractivity (Wildman–Crippen MR) is 64.5 cm³/mol. The van der Waals surface area contributed by atoms with E-state index in [1.807, 2.05) is 6.92 Å². The normalized spacial score (nSPS) is 14.5. The molecular formula is C10H17N3O2S. The Kier molecular flexibility index (Phi) is 4.26. The molecule has 1 heterocycles. The molecule has 0 saturated carbocycles. The van der Waals surface area contributed by atoms with Crippen LogP contribution in [-0.2, 0) is 0 Å². The van der Waals surface area contributed by atoms with E-state index in [1.165, 1.54) is 11.3 Å². The van der Waals surface area contributed by atoms with Gasteiger partial charge in [-0.05, 0) is 27.2 Å². The minimum atomic E-state index is -0.428. The second kappa shape index (κ2) is 5.27. The summed E-state index contributed by atoms with van der Waals surface area (Å²) in [5.41, 5.74) is 6.16. The molecule has 0 aromatic carbocycles. The first kappa shape index (κ1) is 12.9. The highest BCUT2D eigenvalue weighted by atomic mass is 32.1. The average Bonchev–Trinajstić information content (AvgIpc) is 2.43. The highest BCUT2D eigenvalue weighted by Gasteiger charge is 2.16. The first-order valence-electron chi connectivity index (χ1n) is 5.12. The number of hydrogen-bond acceptors (Lipinski definition) is 5. The van der Waals surface area contributed by atoms with Crippen molar-refractivity contribution < 1.29 is 9.90 Å². The van der Waals surface area contributed by atoms with Crippen LogP contribution in [0.15, 0.2) is 0 Å². The smallest absolute Gasteiger partial charge is 0.263 e. The average molecular weight is 243 g/mol. The van der Waals surface area contributed by atoms with Crippen LogP contribution in [0.1, 0.15) is 35.6 Å². The lowest BCUT2D eigenvalue weighted by Gasteiger charge is -2.14. The van der Waals surface area contributed by atoms with E-state index in [4.69, 9.17) is 5.73 Å². The number of carbonyl (C=O) groups is 1. The predicted octanol–water partition coefficient (Wildman–Crippen LogP) is 0.923. The summed E-state index contributed by atoms with van der Waals surface area (Å²) in [5.74, 6) is -0.181. The summed E-state index contributed by atoms with van der Waals surface area (Å²) >= 11 is 1.18. The van der Waals surface area contributed by atoms with Crippen LogP contribution in [0.4, 0.5) is 5.13 Å². The van der Waals surface area contributed by atoms with Crippen LogP contribution < -0.4 is 11.1 Å². The van der Waals surface area contributed by atoms with Crippen molar-refractivity contribution in [2.24, 2.45) is 0 Å². The van der Waals surface area contributed by atoms with E-state index in [-0.39, 0.29) is 11.9 Å². The second-order valence-corrected chi connectivity index (χ2v) is 4.96. The van der Waals surface area contributed by atoms with Gasteiger partial charge in [-0.25, -0.2) is 4.98 Å². The first-order valence-corrected chi connectivity index (χ1v) is 5.93. The number of aliphatic hydroxyl groups is 1. The lowest BCUT2D eigenvalue weighted by atomic mass is 10.1. The Morgan fingerprint density at radius 1 is 1.62 bits per heavy atom. The van der Waals surface area contributed by atoms with Gasteiger partial charge in [-0.15, -0.1) is 0 Å². The number of amides is 1. The van der Waals surface area contributed by atoms with Crippen LogP contribution >= 0.6 is 11.3 Å². The molecule has 1 aromatic rings. The molecule has 90 valence electrons. The number of rotatable bonds is 4. The van der Waals surface area contributed by atoms with E-state index in [0.717, 1.165) is 0 Å². The third-order valence-electron chi connectivity index (χ3n) is 2.09. The van der Waals surface area contributed by atoms with Crippen molar-refractivity contribution in [3.63, 3.8) is 0 Å². The van der Waals surface area contributed by atoms with Gasteiger partial charge in [0, 0.05) is 6.04 Å².